The van der Waals surface area contributed by atoms with Crippen molar-refractivity contribution in [2.45, 2.75) is 19.8 Å². The van der Waals surface area contributed by atoms with Crippen molar-refractivity contribution in [1.82, 2.24) is 0 Å². The van der Waals surface area contributed by atoms with Crippen molar-refractivity contribution in [2.24, 2.45) is 4.99 Å². The van der Waals surface area contributed by atoms with E-state index in [0.29, 0.717) is 37.8 Å². The van der Waals surface area contributed by atoms with E-state index in [1.165, 1.54) is 19.3 Å². The maximum Gasteiger partial charge on any atom is 0.363 e. The molecule has 0 aliphatic carbocycles. The molecule has 0 N–H and O–H groups in total. The molecule has 0 saturated heterocycles. The lowest BCUT2D eigenvalue weighted by Crippen LogP contribution is -2.08. The van der Waals surface area contributed by atoms with Crippen molar-refractivity contribution in [3.05, 3.63) is 61.7 Å². The lowest BCUT2D eigenvalue weighted by atomic mass is 10.1. The van der Waals surface area contributed by atoms with Gasteiger partial charge in [-0.1, -0.05) is 30.1 Å². The third kappa shape index (κ3) is 5.03. The Kier molecular flexibility index (Phi) is 7.18. The van der Waals surface area contributed by atoms with Gasteiger partial charge in [0.25, 0.3) is 0 Å². The molecule has 9 heteroatoms. The molecule has 3 rings (SSSR count). The van der Waals surface area contributed by atoms with Crippen molar-refractivity contribution >= 4 is 63.0 Å². The summed E-state index contributed by atoms with van der Waals surface area (Å²) < 4.78 is 16.5. The SMILES string of the molecule is CCCC(=O)Oc1c(Br)cc(/C=C2\N=C(c3ccc(Cl)cc3Cl)OC2=O)cc1OC. The fraction of sp³-hybridized carbons (Fsp3) is 0.190. The van der Waals surface area contributed by atoms with Crippen LogP contribution in [0.3, 0.4) is 0 Å². The second kappa shape index (κ2) is 9.64. The first-order valence-electron chi connectivity index (χ1n) is 8.88. The molecule has 0 spiro atoms. The van der Waals surface area contributed by atoms with E-state index in [1.54, 1.807) is 24.3 Å². The zero-order valence-corrected chi connectivity index (χ0v) is 19.1. The summed E-state index contributed by atoms with van der Waals surface area (Å²) in [4.78, 5) is 28.4. The number of cyclic esters (lactones) is 1. The van der Waals surface area contributed by atoms with Crippen molar-refractivity contribution in [1.29, 1.82) is 0 Å². The van der Waals surface area contributed by atoms with Crippen LogP contribution in [-0.4, -0.2) is 24.9 Å². The molecule has 156 valence electrons. The van der Waals surface area contributed by atoms with E-state index in [9.17, 15) is 9.59 Å². The number of hydrogen-bond acceptors (Lipinski definition) is 6. The number of carbonyl (C=O) groups excluding carboxylic acids is 2. The quantitative estimate of drug-likeness (QED) is 0.277. The molecule has 2 aromatic rings. The zero-order chi connectivity index (χ0) is 21.8. The first-order chi connectivity index (χ1) is 14.3. The fourth-order valence-corrected chi connectivity index (χ4v) is 3.67. The molecule has 0 amide bonds. The Morgan fingerprint density at radius 3 is 2.70 bits per heavy atom. The van der Waals surface area contributed by atoms with Crippen LogP contribution in [0, 0.1) is 0 Å². The fourth-order valence-electron chi connectivity index (χ4n) is 2.64. The normalized spacial score (nSPS) is 14.5. The van der Waals surface area contributed by atoms with Gasteiger partial charge in [0.05, 0.1) is 22.2 Å². The molecule has 30 heavy (non-hydrogen) atoms. The molecule has 1 aliphatic rings. The van der Waals surface area contributed by atoms with Crippen LogP contribution in [0.1, 0.15) is 30.9 Å². The Morgan fingerprint density at radius 2 is 2.03 bits per heavy atom. The van der Waals surface area contributed by atoms with E-state index in [2.05, 4.69) is 20.9 Å². The molecule has 1 aliphatic heterocycles. The van der Waals surface area contributed by atoms with Crippen LogP contribution >= 0.6 is 39.1 Å². The Labute approximate surface area is 191 Å². The highest BCUT2D eigenvalue weighted by Crippen LogP contribution is 2.38. The van der Waals surface area contributed by atoms with Crippen LogP contribution in [0.25, 0.3) is 6.08 Å². The Hall–Kier alpha value is -2.35. The van der Waals surface area contributed by atoms with Gasteiger partial charge >= 0.3 is 11.9 Å². The van der Waals surface area contributed by atoms with Gasteiger partial charge in [-0.05, 0) is 64.3 Å². The summed E-state index contributed by atoms with van der Waals surface area (Å²) in [5, 5.41) is 0.777. The van der Waals surface area contributed by atoms with Crippen molar-refractivity contribution in [2.75, 3.05) is 7.11 Å². The molecule has 6 nitrogen and oxygen atoms in total. The molecule has 0 saturated carbocycles. The standard InChI is InChI=1S/C21H16BrCl2NO5/c1-3-4-18(26)29-19-14(22)7-11(9-17(19)28-2)8-16-21(27)30-20(25-16)13-6-5-12(23)10-15(13)24/h5-10H,3-4H2,1-2H3/b16-8-. The monoisotopic (exact) mass is 511 g/mol. The largest absolute Gasteiger partial charge is 0.493 e. The van der Waals surface area contributed by atoms with E-state index in [4.69, 9.17) is 37.4 Å². The third-order valence-electron chi connectivity index (χ3n) is 4.01. The van der Waals surface area contributed by atoms with E-state index in [-0.39, 0.29) is 29.7 Å². The number of hydrogen-bond donors (Lipinski definition) is 0. The maximum atomic E-state index is 12.3. The summed E-state index contributed by atoms with van der Waals surface area (Å²) in [5.74, 6) is -0.300. The lowest BCUT2D eigenvalue weighted by Gasteiger charge is -2.12. The number of nitrogens with zero attached hydrogens (tertiary/aromatic N) is 1. The van der Waals surface area contributed by atoms with Crippen LogP contribution in [0.4, 0.5) is 0 Å². The second-order valence-electron chi connectivity index (χ2n) is 6.22. The molecule has 0 unspecified atom stereocenters. The van der Waals surface area contributed by atoms with Gasteiger partial charge in [0.15, 0.2) is 17.2 Å². The zero-order valence-electron chi connectivity index (χ0n) is 16.0. The number of methoxy groups -OCH3 is 1. The summed E-state index contributed by atoms with van der Waals surface area (Å²) in [5.41, 5.74) is 1.13. The minimum Gasteiger partial charge on any atom is -0.493 e. The summed E-state index contributed by atoms with van der Waals surface area (Å²) in [6.45, 7) is 1.88. The highest BCUT2D eigenvalue weighted by molar-refractivity contribution is 9.10. The summed E-state index contributed by atoms with van der Waals surface area (Å²) in [7, 11) is 1.46. The molecule has 0 radical (unpaired) electrons. The van der Waals surface area contributed by atoms with Crippen molar-refractivity contribution < 1.29 is 23.8 Å². The Bertz CT molecular complexity index is 1080. The number of halogens is 3. The molecule has 0 atom stereocenters. The summed E-state index contributed by atoms with van der Waals surface area (Å²) >= 11 is 15.4. The van der Waals surface area contributed by atoms with Crippen molar-refractivity contribution in [3.63, 3.8) is 0 Å². The number of benzene rings is 2. The number of ether oxygens (including phenoxy) is 3. The van der Waals surface area contributed by atoms with E-state index >= 15 is 0 Å². The predicted octanol–water partition coefficient (Wildman–Crippen LogP) is 5.81. The molecule has 1 heterocycles. The minimum absolute atomic E-state index is 0.0840. The van der Waals surface area contributed by atoms with E-state index < -0.39 is 5.97 Å². The maximum absolute atomic E-state index is 12.3. The summed E-state index contributed by atoms with van der Waals surface area (Å²) in [6.07, 6.45) is 2.49. The van der Waals surface area contributed by atoms with Gasteiger partial charge < -0.3 is 14.2 Å². The first kappa shape index (κ1) is 22.3. The van der Waals surface area contributed by atoms with Crippen LogP contribution in [-0.2, 0) is 14.3 Å². The molecule has 2 aromatic carbocycles. The van der Waals surface area contributed by atoms with Gasteiger partial charge in [-0.25, -0.2) is 9.79 Å². The second-order valence-corrected chi connectivity index (χ2v) is 7.92. The summed E-state index contributed by atoms with van der Waals surface area (Å²) in [6, 6.07) is 8.10. The first-order valence-corrected chi connectivity index (χ1v) is 10.4. The van der Waals surface area contributed by atoms with Gasteiger partial charge in [-0.15, -0.1) is 0 Å². The Balaban J connectivity index is 1.94. The topological polar surface area (TPSA) is 74.2 Å². The molecule has 0 fully saturated rings. The third-order valence-corrected chi connectivity index (χ3v) is 5.14. The van der Waals surface area contributed by atoms with E-state index in [0.717, 1.165) is 0 Å². The molecule has 0 aromatic heterocycles. The van der Waals surface area contributed by atoms with Crippen LogP contribution in [0.5, 0.6) is 11.5 Å². The van der Waals surface area contributed by atoms with Gasteiger partial charge in [0.1, 0.15) is 0 Å². The predicted molar refractivity (Wildman–Crippen MR) is 118 cm³/mol. The molecular weight excluding hydrogens is 497 g/mol. The number of rotatable bonds is 6. The number of aliphatic imine (C=N–C) groups is 1. The number of esters is 2. The van der Waals surface area contributed by atoms with Gasteiger partial charge in [-0.2, -0.15) is 0 Å². The van der Waals surface area contributed by atoms with Gasteiger partial charge in [-0.3, -0.25) is 4.79 Å². The number of carbonyl (C=O) groups is 2. The highest BCUT2D eigenvalue weighted by atomic mass is 79.9. The van der Waals surface area contributed by atoms with E-state index in [1.807, 2.05) is 6.92 Å². The minimum atomic E-state index is -0.621. The van der Waals surface area contributed by atoms with Crippen LogP contribution < -0.4 is 9.47 Å². The van der Waals surface area contributed by atoms with Crippen LogP contribution in [0.15, 0.2) is 45.5 Å². The molecule has 0 bridgehead atoms. The average molecular weight is 513 g/mol. The average Bonchev–Trinajstić information content (AvgIpc) is 3.03. The van der Waals surface area contributed by atoms with Gasteiger partial charge in [0, 0.05) is 11.4 Å². The Morgan fingerprint density at radius 1 is 1.27 bits per heavy atom. The van der Waals surface area contributed by atoms with Gasteiger partial charge in [0.2, 0.25) is 5.90 Å². The molecular formula is C21H16BrCl2NO5. The van der Waals surface area contributed by atoms with Crippen LogP contribution in [0.2, 0.25) is 10.0 Å². The lowest BCUT2D eigenvalue weighted by molar-refractivity contribution is -0.134. The van der Waals surface area contributed by atoms with Crippen molar-refractivity contribution in [3.8, 4) is 11.5 Å². The highest BCUT2D eigenvalue weighted by Gasteiger charge is 2.26. The smallest absolute Gasteiger partial charge is 0.363 e.